The van der Waals surface area contributed by atoms with E-state index in [1.54, 1.807) is 0 Å². The van der Waals surface area contributed by atoms with E-state index >= 15 is 0 Å². The number of unbranched alkanes of at least 4 members (excludes halogenated alkanes) is 5. The summed E-state index contributed by atoms with van der Waals surface area (Å²) in [7, 11) is 0. The van der Waals surface area contributed by atoms with Gasteiger partial charge in [0.25, 0.3) is 0 Å². The summed E-state index contributed by atoms with van der Waals surface area (Å²) in [5.74, 6) is 1.31. The van der Waals surface area contributed by atoms with Gasteiger partial charge in [-0.1, -0.05) is 25.7 Å². The van der Waals surface area contributed by atoms with Crippen LogP contribution in [0.3, 0.4) is 0 Å². The molecule has 1 atom stereocenters. The molecule has 0 aliphatic carbocycles. The summed E-state index contributed by atoms with van der Waals surface area (Å²) in [6.07, 6.45) is 2.91. The highest BCUT2D eigenvalue weighted by atomic mass is 19.4. The van der Waals surface area contributed by atoms with Gasteiger partial charge in [0.1, 0.15) is 17.1 Å². The number of hydrogen-bond donors (Lipinski definition) is 1. The summed E-state index contributed by atoms with van der Waals surface area (Å²) in [4.78, 5) is 0. The number of halogens is 3. The lowest BCUT2D eigenvalue weighted by molar-refractivity contribution is -0.135. The number of aromatic hydroxyl groups is 1. The van der Waals surface area contributed by atoms with E-state index in [0.29, 0.717) is 12.2 Å². The van der Waals surface area contributed by atoms with Gasteiger partial charge in [-0.05, 0) is 76.5 Å². The number of phenolic OH excluding ortho intramolecular Hbond substituents is 1. The minimum absolute atomic E-state index is 0.204. The summed E-state index contributed by atoms with van der Waals surface area (Å²) in [5.41, 5.74) is 3.74. The first-order valence-electron chi connectivity index (χ1n) is 10.1. The maximum atomic E-state index is 12.1. The highest BCUT2D eigenvalue weighted by Gasteiger charge is 2.34. The Morgan fingerprint density at radius 3 is 2.15 bits per heavy atom. The maximum Gasteiger partial charge on any atom is 0.389 e. The molecule has 1 heterocycles. The van der Waals surface area contributed by atoms with Gasteiger partial charge in [-0.3, -0.25) is 0 Å². The van der Waals surface area contributed by atoms with Crippen molar-refractivity contribution in [3.8, 4) is 11.5 Å². The van der Waals surface area contributed by atoms with Gasteiger partial charge >= 0.3 is 6.18 Å². The molecule has 0 bridgehead atoms. The fraction of sp³-hybridized carbons (Fsp3) is 0.727. The molecule has 0 amide bonds. The van der Waals surface area contributed by atoms with Crippen LogP contribution in [0.5, 0.6) is 11.5 Å². The number of hydrogen-bond acceptors (Lipinski definition) is 2. The van der Waals surface area contributed by atoms with Gasteiger partial charge in [0, 0.05) is 12.0 Å². The molecule has 1 aliphatic heterocycles. The van der Waals surface area contributed by atoms with Crippen LogP contribution in [0, 0.1) is 20.8 Å². The Balaban J connectivity index is 1.79. The summed E-state index contributed by atoms with van der Waals surface area (Å²) >= 11 is 0. The lowest BCUT2D eigenvalue weighted by atomic mass is 9.84. The Labute approximate surface area is 161 Å². The molecule has 0 aromatic heterocycles. The molecule has 0 radical (unpaired) electrons. The summed E-state index contributed by atoms with van der Waals surface area (Å²) in [5, 5.41) is 10.3. The number of benzene rings is 1. The Morgan fingerprint density at radius 2 is 1.52 bits per heavy atom. The Hall–Kier alpha value is -1.39. The van der Waals surface area contributed by atoms with Gasteiger partial charge in [0.15, 0.2) is 0 Å². The monoisotopic (exact) mass is 386 g/mol. The molecule has 0 fully saturated rings. The number of ether oxygens (including phenoxy) is 1. The van der Waals surface area contributed by atoms with Crippen LogP contribution in [-0.2, 0) is 6.42 Å². The lowest BCUT2D eigenvalue weighted by Crippen LogP contribution is -2.37. The SMILES string of the molecule is Cc1c(C)c2c(c(C)c1O)CC[C@](C)(CCCCCCCCC(F)(F)F)O2. The minimum atomic E-state index is -4.02. The third-order valence-electron chi connectivity index (χ3n) is 6.01. The van der Waals surface area contributed by atoms with Crippen LogP contribution in [-0.4, -0.2) is 16.9 Å². The summed E-state index contributed by atoms with van der Waals surface area (Å²) < 4.78 is 42.7. The van der Waals surface area contributed by atoms with Gasteiger partial charge in [-0.2, -0.15) is 13.2 Å². The molecule has 2 rings (SSSR count). The van der Waals surface area contributed by atoms with Crippen LogP contribution in [0.4, 0.5) is 13.2 Å². The van der Waals surface area contributed by atoms with Crippen molar-refractivity contribution in [1.82, 2.24) is 0 Å². The normalized spacial score (nSPS) is 19.7. The van der Waals surface area contributed by atoms with Crippen molar-refractivity contribution in [1.29, 1.82) is 0 Å². The molecular formula is C22H33F3O2. The van der Waals surface area contributed by atoms with E-state index in [4.69, 9.17) is 4.74 Å². The van der Waals surface area contributed by atoms with E-state index in [0.717, 1.165) is 72.9 Å². The fourth-order valence-corrected chi connectivity index (χ4v) is 4.00. The topological polar surface area (TPSA) is 29.5 Å². The molecule has 0 spiro atoms. The molecule has 2 nitrogen and oxygen atoms in total. The van der Waals surface area contributed by atoms with E-state index in [9.17, 15) is 18.3 Å². The molecule has 1 aromatic carbocycles. The van der Waals surface area contributed by atoms with Gasteiger partial charge in [0.05, 0.1) is 0 Å². The average Bonchev–Trinajstić information content (AvgIpc) is 2.59. The predicted molar refractivity (Wildman–Crippen MR) is 103 cm³/mol. The largest absolute Gasteiger partial charge is 0.507 e. The van der Waals surface area contributed by atoms with Crippen molar-refractivity contribution in [3.63, 3.8) is 0 Å². The third kappa shape index (κ3) is 5.79. The third-order valence-corrected chi connectivity index (χ3v) is 6.01. The van der Waals surface area contributed by atoms with Crippen molar-refractivity contribution >= 4 is 0 Å². The van der Waals surface area contributed by atoms with E-state index in [1.165, 1.54) is 0 Å². The Kier molecular flexibility index (Phi) is 7.09. The zero-order valence-corrected chi connectivity index (χ0v) is 17.1. The van der Waals surface area contributed by atoms with Crippen molar-refractivity contribution in [2.75, 3.05) is 0 Å². The zero-order valence-electron chi connectivity index (χ0n) is 17.1. The van der Waals surface area contributed by atoms with E-state index in [-0.39, 0.29) is 12.0 Å². The Bertz CT molecular complexity index is 652. The average molecular weight is 386 g/mol. The second kappa shape index (κ2) is 8.74. The molecular weight excluding hydrogens is 353 g/mol. The predicted octanol–water partition coefficient (Wildman–Crippen LogP) is 7.08. The first-order valence-corrected chi connectivity index (χ1v) is 10.1. The highest BCUT2D eigenvalue weighted by molar-refractivity contribution is 5.58. The van der Waals surface area contributed by atoms with Crippen molar-refractivity contribution < 1.29 is 23.0 Å². The number of alkyl halides is 3. The van der Waals surface area contributed by atoms with Crippen LogP contribution in [0.15, 0.2) is 0 Å². The van der Waals surface area contributed by atoms with Gasteiger partial charge in [-0.25, -0.2) is 0 Å². The van der Waals surface area contributed by atoms with Crippen LogP contribution >= 0.6 is 0 Å². The van der Waals surface area contributed by atoms with E-state index < -0.39 is 12.6 Å². The standard InChI is InChI=1S/C22H33F3O2/c1-15-16(2)20-18(17(3)19(15)26)11-14-21(4,27-20)12-9-7-5-6-8-10-13-22(23,24)25/h26H,5-14H2,1-4H3/t21-/m0/s1. The van der Waals surface area contributed by atoms with Gasteiger partial charge < -0.3 is 9.84 Å². The molecule has 1 N–H and O–H groups in total. The van der Waals surface area contributed by atoms with Crippen LogP contribution in [0.25, 0.3) is 0 Å². The molecule has 1 aromatic rings. The maximum absolute atomic E-state index is 12.1. The molecule has 154 valence electrons. The quantitative estimate of drug-likeness (QED) is 0.484. The fourth-order valence-electron chi connectivity index (χ4n) is 4.00. The van der Waals surface area contributed by atoms with Crippen LogP contribution in [0.1, 0.15) is 87.0 Å². The second-order valence-electron chi connectivity index (χ2n) is 8.32. The smallest absolute Gasteiger partial charge is 0.389 e. The molecule has 27 heavy (non-hydrogen) atoms. The Morgan fingerprint density at radius 1 is 0.926 bits per heavy atom. The molecule has 1 aliphatic rings. The highest BCUT2D eigenvalue weighted by Crippen LogP contribution is 2.44. The molecule has 0 saturated carbocycles. The first kappa shape index (κ1) is 21.9. The van der Waals surface area contributed by atoms with Crippen LogP contribution in [0.2, 0.25) is 0 Å². The molecule has 0 unspecified atom stereocenters. The summed E-state index contributed by atoms with van der Waals surface area (Å²) in [6.45, 7) is 8.02. The summed E-state index contributed by atoms with van der Waals surface area (Å²) in [6, 6.07) is 0. The second-order valence-corrected chi connectivity index (χ2v) is 8.32. The molecule has 5 heteroatoms. The minimum Gasteiger partial charge on any atom is -0.507 e. The van der Waals surface area contributed by atoms with Gasteiger partial charge in [-0.15, -0.1) is 0 Å². The van der Waals surface area contributed by atoms with E-state index in [2.05, 4.69) is 6.92 Å². The van der Waals surface area contributed by atoms with E-state index in [1.807, 2.05) is 20.8 Å². The van der Waals surface area contributed by atoms with Crippen molar-refractivity contribution in [2.24, 2.45) is 0 Å². The number of phenols is 1. The van der Waals surface area contributed by atoms with Crippen LogP contribution < -0.4 is 4.74 Å². The molecule has 0 saturated heterocycles. The van der Waals surface area contributed by atoms with Crippen molar-refractivity contribution in [2.45, 2.75) is 104 Å². The zero-order chi connectivity index (χ0) is 20.2. The van der Waals surface area contributed by atoms with Crippen molar-refractivity contribution in [3.05, 3.63) is 22.3 Å². The number of rotatable bonds is 8. The lowest BCUT2D eigenvalue weighted by Gasteiger charge is -2.38. The number of fused-ring (bicyclic) bond motifs is 1. The van der Waals surface area contributed by atoms with Gasteiger partial charge in [0.2, 0.25) is 0 Å². The first-order chi connectivity index (χ1) is 12.5.